The first kappa shape index (κ1) is 49.1. The average Bonchev–Trinajstić information content (AvgIpc) is 3.44. The number of carbonyl (C=O) groups is 6. The summed E-state index contributed by atoms with van der Waals surface area (Å²) < 4.78 is 42.2. The number of esters is 3. The summed E-state index contributed by atoms with van der Waals surface area (Å²) in [4.78, 5) is 81.6. The molecule has 2 N–H and O–H groups in total. The highest BCUT2D eigenvalue weighted by Crippen LogP contribution is 2.25. The maximum absolute atomic E-state index is 14.5. The van der Waals surface area contributed by atoms with Crippen LogP contribution < -0.4 is 10.6 Å². The van der Waals surface area contributed by atoms with Gasteiger partial charge >= 0.3 is 17.9 Å². The molecule has 0 bridgehead atoms. The van der Waals surface area contributed by atoms with Crippen molar-refractivity contribution in [1.29, 1.82) is 0 Å². The summed E-state index contributed by atoms with van der Waals surface area (Å²) in [6.07, 6.45) is 2.33. The van der Waals surface area contributed by atoms with Crippen LogP contribution in [0.3, 0.4) is 0 Å². The van der Waals surface area contributed by atoms with Crippen molar-refractivity contribution in [3.63, 3.8) is 0 Å². The van der Waals surface area contributed by atoms with Gasteiger partial charge in [0.05, 0.1) is 37.3 Å². The molecule has 4 atom stereocenters. The number of hydrogen-bond donors (Lipinski definition) is 2. The third-order valence-corrected chi connectivity index (χ3v) is 9.87. The third-order valence-electron chi connectivity index (χ3n) is 9.22. The van der Waals surface area contributed by atoms with Crippen molar-refractivity contribution in [1.82, 2.24) is 15.2 Å². The molecule has 0 aliphatic heterocycles. The van der Waals surface area contributed by atoms with Gasteiger partial charge in [0.1, 0.15) is 17.8 Å². The minimum Gasteiger partial charge on any atom is -0.461 e. The number of amides is 2. The van der Waals surface area contributed by atoms with E-state index in [4.69, 9.17) is 14.2 Å². The lowest BCUT2D eigenvalue weighted by Gasteiger charge is -2.27. The fourth-order valence-corrected chi connectivity index (χ4v) is 6.91. The summed E-state index contributed by atoms with van der Waals surface area (Å²) in [5.74, 6) is -6.71. The number of rotatable bonds is 20. The first-order chi connectivity index (χ1) is 27.8. The molecule has 0 aliphatic rings. The van der Waals surface area contributed by atoms with E-state index >= 15 is 0 Å². The molecule has 1 aromatic heterocycles. The van der Waals surface area contributed by atoms with Crippen molar-refractivity contribution in [3.8, 4) is 0 Å². The molecule has 3 aromatic rings. The highest BCUT2D eigenvalue weighted by atomic mass is 32.2. The molecule has 2 aromatic carbocycles. The van der Waals surface area contributed by atoms with Gasteiger partial charge in [-0.05, 0) is 64.7 Å². The van der Waals surface area contributed by atoms with E-state index in [9.17, 15) is 37.2 Å². The van der Waals surface area contributed by atoms with Gasteiger partial charge in [0.15, 0.2) is 15.6 Å². The van der Waals surface area contributed by atoms with Crippen LogP contribution in [0.5, 0.6) is 0 Å². The first-order valence-corrected chi connectivity index (χ1v) is 21.9. The molecule has 14 nitrogen and oxygen atoms in total. The number of fused-ring (bicyclic) bond motifs is 1. The molecule has 0 fully saturated rings. The van der Waals surface area contributed by atoms with Crippen LogP contribution in [0.15, 0.2) is 72.3 Å². The predicted octanol–water partition coefficient (Wildman–Crippen LogP) is 5.69. The Bertz CT molecular complexity index is 2130. The Morgan fingerprint density at radius 2 is 1.32 bits per heavy atom. The van der Waals surface area contributed by atoms with Gasteiger partial charge in [-0.3, -0.25) is 28.8 Å². The van der Waals surface area contributed by atoms with Gasteiger partial charge in [0.25, 0.3) is 0 Å². The summed E-state index contributed by atoms with van der Waals surface area (Å²) in [5.41, 5.74) is 0.624. The number of aryl methyl sites for hydroxylation is 1. The van der Waals surface area contributed by atoms with Crippen LogP contribution in [0.2, 0.25) is 0 Å². The average molecular weight is 852 g/mol. The minimum atomic E-state index is -3.63. The molecule has 2 amide bonds. The summed E-state index contributed by atoms with van der Waals surface area (Å²) in [7, 11) is -1.78. The molecule has 328 valence electrons. The minimum absolute atomic E-state index is 0.00827. The van der Waals surface area contributed by atoms with Crippen molar-refractivity contribution in [2.24, 2.45) is 24.8 Å². The maximum Gasteiger partial charge on any atom is 0.308 e. The standard InChI is InChI=1S/C45H61N3O11S/c1-29(2)35(43(54)46-33(20-21-60(10,55)56)25-41(52)59-45(6,7)8)26-38(49)36(22-32-27-48(9)37-19-15-14-18-34(32)37)47-42(53)31(24-40(51)58-44(3,4)5)23-39(50)57-28-30-16-12-11-13-17-30/h11-21,27,29,31,33,35-36H,22-26,28H2,1-10H3,(H,46,54)(H,47,53)/b21-20+/t31-,33+,35+,36-/m0/s1. The van der Waals surface area contributed by atoms with E-state index < -0.39 is 99.2 Å². The van der Waals surface area contributed by atoms with Crippen molar-refractivity contribution in [3.05, 3.63) is 83.4 Å². The van der Waals surface area contributed by atoms with Gasteiger partial charge in [0, 0.05) is 54.6 Å². The summed E-state index contributed by atoms with van der Waals surface area (Å²) in [6.45, 7) is 13.5. The fraction of sp³-hybridized carbons (Fsp3) is 0.511. The lowest BCUT2D eigenvalue weighted by molar-refractivity contribution is -0.159. The Morgan fingerprint density at radius 3 is 1.90 bits per heavy atom. The highest BCUT2D eigenvalue weighted by Gasteiger charge is 2.35. The van der Waals surface area contributed by atoms with Crippen LogP contribution in [0, 0.1) is 17.8 Å². The van der Waals surface area contributed by atoms with Gasteiger partial charge in [-0.2, -0.15) is 0 Å². The van der Waals surface area contributed by atoms with Gasteiger partial charge < -0.3 is 29.4 Å². The summed E-state index contributed by atoms with van der Waals surface area (Å²) in [6, 6.07) is 14.2. The van der Waals surface area contributed by atoms with Crippen molar-refractivity contribution >= 4 is 56.2 Å². The zero-order valence-electron chi connectivity index (χ0n) is 36.4. The van der Waals surface area contributed by atoms with E-state index in [0.29, 0.717) is 0 Å². The Kier molecular flexibility index (Phi) is 17.4. The molecule has 0 saturated carbocycles. The molecule has 0 spiro atoms. The number of hydrogen-bond acceptors (Lipinski definition) is 11. The second kappa shape index (κ2) is 21.3. The number of nitrogens with one attached hydrogen (secondary N) is 2. The third kappa shape index (κ3) is 17.1. The van der Waals surface area contributed by atoms with E-state index in [1.54, 1.807) is 79.7 Å². The van der Waals surface area contributed by atoms with Gasteiger partial charge in [0.2, 0.25) is 11.8 Å². The number of aromatic nitrogens is 1. The number of nitrogens with zero attached hydrogens (tertiary/aromatic N) is 1. The molecule has 3 rings (SSSR count). The molecule has 0 radical (unpaired) electrons. The largest absolute Gasteiger partial charge is 0.461 e. The predicted molar refractivity (Wildman–Crippen MR) is 228 cm³/mol. The maximum atomic E-state index is 14.5. The van der Waals surface area contributed by atoms with Crippen LogP contribution in [0.4, 0.5) is 0 Å². The van der Waals surface area contributed by atoms with Crippen LogP contribution in [0.1, 0.15) is 92.2 Å². The van der Waals surface area contributed by atoms with Gasteiger partial charge in [-0.25, -0.2) is 8.42 Å². The molecular formula is C45H61N3O11S. The quantitative estimate of drug-likeness (QED) is 0.105. The van der Waals surface area contributed by atoms with Crippen LogP contribution >= 0.6 is 0 Å². The Hall–Kier alpha value is -5.31. The number of benzene rings is 2. The second-order valence-corrected chi connectivity index (χ2v) is 19.4. The zero-order chi connectivity index (χ0) is 45.0. The van der Waals surface area contributed by atoms with Crippen molar-refractivity contribution < 1.29 is 51.4 Å². The van der Waals surface area contributed by atoms with Crippen molar-refractivity contribution in [2.75, 3.05) is 6.26 Å². The van der Waals surface area contributed by atoms with E-state index in [-0.39, 0.29) is 25.9 Å². The van der Waals surface area contributed by atoms with E-state index in [0.717, 1.165) is 33.7 Å². The van der Waals surface area contributed by atoms with E-state index in [1.807, 2.05) is 48.1 Å². The van der Waals surface area contributed by atoms with Crippen LogP contribution in [-0.4, -0.2) is 78.0 Å². The lowest BCUT2D eigenvalue weighted by Crippen LogP contribution is -2.48. The molecule has 0 saturated heterocycles. The zero-order valence-corrected chi connectivity index (χ0v) is 37.2. The number of Topliss-reactive ketones (excluding diaryl/α,β-unsaturated/α-hetero) is 1. The number of sulfone groups is 1. The molecular weight excluding hydrogens is 791 g/mol. The molecule has 1 heterocycles. The van der Waals surface area contributed by atoms with Gasteiger partial charge in [-0.15, -0.1) is 0 Å². The fourth-order valence-electron chi connectivity index (χ4n) is 6.43. The topological polar surface area (TPSA) is 193 Å². The van der Waals surface area contributed by atoms with Crippen LogP contribution in [-0.2, 0) is 72.9 Å². The first-order valence-electron chi connectivity index (χ1n) is 20.0. The van der Waals surface area contributed by atoms with Gasteiger partial charge in [-0.1, -0.05) is 68.5 Å². The number of ketones is 1. The second-order valence-electron chi connectivity index (χ2n) is 17.5. The smallest absolute Gasteiger partial charge is 0.308 e. The molecule has 0 unspecified atom stereocenters. The highest BCUT2D eigenvalue weighted by molar-refractivity contribution is 7.93. The lowest BCUT2D eigenvalue weighted by atomic mass is 9.86. The molecule has 60 heavy (non-hydrogen) atoms. The van der Waals surface area contributed by atoms with E-state index in [1.165, 1.54) is 6.08 Å². The monoisotopic (exact) mass is 851 g/mol. The normalized spacial score (nSPS) is 14.2. The SMILES string of the molecule is CC(C)[C@@H](CC(=O)[C@H](Cc1cn(C)c2ccccc12)NC(=O)[C@@H](CC(=O)OCc1ccccc1)CC(=O)OC(C)(C)C)C(=O)N[C@H](/C=C/S(C)(=O)=O)CC(=O)OC(C)(C)C. The summed E-state index contributed by atoms with van der Waals surface area (Å²) >= 11 is 0. The number of carbonyl (C=O) groups excluding carboxylic acids is 6. The summed E-state index contributed by atoms with van der Waals surface area (Å²) in [5, 5.41) is 7.25. The van der Waals surface area contributed by atoms with Crippen molar-refractivity contribution in [2.45, 2.75) is 117 Å². The van der Waals surface area contributed by atoms with Crippen LogP contribution in [0.25, 0.3) is 10.9 Å². The Labute approximate surface area is 353 Å². The molecule has 15 heteroatoms. The van der Waals surface area contributed by atoms with E-state index in [2.05, 4.69) is 10.6 Å². The number of ether oxygens (including phenoxy) is 3. The number of para-hydroxylation sites is 1. The Balaban J connectivity index is 1.96. The Morgan fingerprint density at radius 1 is 0.750 bits per heavy atom. The molecule has 0 aliphatic carbocycles.